The lowest BCUT2D eigenvalue weighted by Crippen LogP contribution is -2.48. The number of thioether (sulfide) groups is 1. The van der Waals surface area contributed by atoms with E-state index in [9.17, 15) is 43.5 Å². The largest absolute Gasteiger partial charge is 0.481 e. The Morgan fingerprint density at radius 3 is 1.93 bits per heavy atom. The molecule has 3 atom stereocenters. The van der Waals surface area contributed by atoms with Crippen molar-refractivity contribution in [3.05, 3.63) is 0 Å². The number of esters is 1. The SMILES string of the molecule is CC(=O)N[C@@H](CCC(=O)SCCNC(=O)CCNC(=O)[C@H](O)C(C)(C)COC(=O)[C@H](CCC(=O)O)NC(C)=O)C(=O)O. The lowest BCUT2D eigenvalue weighted by Gasteiger charge is -2.29. The predicted molar refractivity (Wildman–Crippen MR) is 148 cm³/mol. The fourth-order valence-electron chi connectivity index (χ4n) is 3.23. The summed E-state index contributed by atoms with van der Waals surface area (Å²) in [5, 5.41) is 37.5. The van der Waals surface area contributed by atoms with Crippen molar-refractivity contribution < 1.29 is 58.4 Å². The van der Waals surface area contributed by atoms with Crippen LogP contribution in [0.15, 0.2) is 0 Å². The number of nitrogens with one attached hydrogen (secondary N) is 4. The molecule has 42 heavy (non-hydrogen) atoms. The summed E-state index contributed by atoms with van der Waals surface area (Å²) >= 11 is 0.897. The Bertz CT molecular complexity index is 1000. The number of carbonyl (C=O) groups is 8. The van der Waals surface area contributed by atoms with Crippen LogP contribution in [0.1, 0.15) is 59.8 Å². The highest BCUT2D eigenvalue weighted by molar-refractivity contribution is 8.13. The summed E-state index contributed by atoms with van der Waals surface area (Å²) in [6, 6.07) is -2.38. The van der Waals surface area contributed by atoms with Gasteiger partial charge in [-0.25, -0.2) is 9.59 Å². The minimum absolute atomic E-state index is 0.0672. The summed E-state index contributed by atoms with van der Waals surface area (Å²) in [5.41, 5.74) is -1.27. The second-order valence-electron chi connectivity index (χ2n) is 9.93. The van der Waals surface area contributed by atoms with Crippen molar-refractivity contribution in [3.8, 4) is 0 Å². The fourth-order valence-corrected chi connectivity index (χ4v) is 3.92. The van der Waals surface area contributed by atoms with Gasteiger partial charge >= 0.3 is 17.9 Å². The van der Waals surface area contributed by atoms with E-state index in [1.165, 1.54) is 20.8 Å². The molecule has 7 N–H and O–H groups in total. The average molecular weight is 621 g/mol. The van der Waals surface area contributed by atoms with Crippen LogP contribution in [-0.4, -0.2) is 106 Å². The van der Waals surface area contributed by atoms with Crippen LogP contribution >= 0.6 is 11.8 Å². The maximum absolute atomic E-state index is 12.4. The van der Waals surface area contributed by atoms with Crippen molar-refractivity contribution in [1.29, 1.82) is 0 Å². The van der Waals surface area contributed by atoms with Crippen LogP contribution in [0.5, 0.6) is 0 Å². The third-order valence-electron chi connectivity index (χ3n) is 5.54. The second kappa shape index (κ2) is 19.4. The molecule has 0 spiro atoms. The first-order chi connectivity index (χ1) is 19.5. The van der Waals surface area contributed by atoms with Gasteiger partial charge < -0.3 is 41.3 Å². The van der Waals surface area contributed by atoms with Gasteiger partial charge in [0.2, 0.25) is 23.6 Å². The highest BCUT2D eigenvalue weighted by Gasteiger charge is 2.36. The van der Waals surface area contributed by atoms with E-state index in [4.69, 9.17) is 14.9 Å². The van der Waals surface area contributed by atoms with Crippen LogP contribution in [-0.2, 0) is 43.1 Å². The van der Waals surface area contributed by atoms with Gasteiger partial charge in [-0.3, -0.25) is 28.8 Å². The lowest BCUT2D eigenvalue weighted by atomic mass is 9.87. The number of amides is 4. The molecule has 0 aromatic carbocycles. The van der Waals surface area contributed by atoms with E-state index in [-0.39, 0.29) is 49.6 Å². The first kappa shape index (κ1) is 38.3. The van der Waals surface area contributed by atoms with E-state index in [1.807, 2.05) is 0 Å². The zero-order valence-corrected chi connectivity index (χ0v) is 24.8. The molecule has 0 aliphatic heterocycles. The molecule has 0 saturated heterocycles. The third-order valence-corrected chi connectivity index (χ3v) is 6.47. The molecular formula is C25H40N4O12S. The summed E-state index contributed by atoms with van der Waals surface area (Å²) in [7, 11) is 0. The van der Waals surface area contributed by atoms with Crippen LogP contribution in [0.2, 0.25) is 0 Å². The van der Waals surface area contributed by atoms with E-state index in [1.54, 1.807) is 0 Å². The lowest BCUT2D eigenvalue weighted by molar-refractivity contribution is -0.156. The number of carbonyl (C=O) groups excluding carboxylic acids is 6. The molecule has 0 saturated carbocycles. The Labute approximate surface area is 247 Å². The van der Waals surface area contributed by atoms with Crippen molar-refractivity contribution in [2.75, 3.05) is 25.4 Å². The number of rotatable bonds is 20. The van der Waals surface area contributed by atoms with Crippen molar-refractivity contribution in [2.24, 2.45) is 5.41 Å². The quantitative estimate of drug-likeness (QED) is 0.0607. The minimum atomic E-state index is -1.64. The Morgan fingerprint density at radius 1 is 0.810 bits per heavy atom. The van der Waals surface area contributed by atoms with Gasteiger partial charge in [-0.1, -0.05) is 25.6 Å². The molecule has 17 heteroatoms. The van der Waals surface area contributed by atoms with Crippen molar-refractivity contribution in [1.82, 2.24) is 21.3 Å². The summed E-state index contributed by atoms with van der Waals surface area (Å²) in [6.07, 6.45) is -2.52. The molecular weight excluding hydrogens is 580 g/mol. The molecule has 16 nitrogen and oxygen atoms in total. The van der Waals surface area contributed by atoms with Gasteiger partial charge in [0.05, 0.1) is 6.61 Å². The Balaban J connectivity index is 4.43. The topological polar surface area (TPSA) is 255 Å². The average Bonchev–Trinajstić information content (AvgIpc) is 2.88. The molecule has 0 fully saturated rings. The summed E-state index contributed by atoms with van der Waals surface area (Å²) in [4.78, 5) is 92.8. The van der Waals surface area contributed by atoms with Gasteiger partial charge in [-0.15, -0.1) is 0 Å². The predicted octanol–water partition coefficient (Wildman–Crippen LogP) is -1.46. The van der Waals surface area contributed by atoms with Crippen molar-refractivity contribution in [3.63, 3.8) is 0 Å². The van der Waals surface area contributed by atoms with Crippen LogP contribution in [0, 0.1) is 5.41 Å². The number of carboxylic acid groups (broad SMARTS) is 2. The van der Waals surface area contributed by atoms with E-state index in [0.29, 0.717) is 0 Å². The van der Waals surface area contributed by atoms with Gasteiger partial charge in [-0.05, 0) is 12.8 Å². The standard InChI is InChI=1S/C25H40N4O12S/c1-14(30)28-16(23(38)39)6-8-20(35)42-12-11-26-18(32)9-10-27-22(37)21(36)25(3,4)13-41-24(40)17(29-15(2)31)5-7-19(33)34/h16-17,21,36H,5-13H2,1-4H3,(H,26,32)(H,27,37)(H,28,30)(H,29,31)(H,33,34)(H,38,39)/t16-,17-,21-/m0/s1. The molecule has 0 unspecified atom stereocenters. The number of aliphatic hydroxyl groups is 1. The van der Waals surface area contributed by atoms with E-state index in [2.05, 4.69) is 21.3 Å². The summed E-state index contributed by atoms with van der Waals surface area (Å²) in [6.45, 7) is 4.80. The summed E-state index contributed by atoms with van der Waals surface area (Å²) < 4.78 is 5.12. The second-order valence-corrected chi connectivity index (χ2v) is 11.1. The fraction of sp³-hybridized carbons (Fsp3) is 0.680. The zero-order chi connectivity index (χ0) is 32.5. The normalized spacial score (nSPS) is 13.1. The Hall–Kier alpha value is -3.73. The van der Waals surface area contributed by atoms with Crippen molar-refractivity contribution >= 4 is 58.4 Å². The monoisotopic (exact) mass is 620 g/mol. The van der Waals surface area contributed by atoms with Crippen molar-refractivity contribution in [2.45, 2.75) is 78.0 Å². The summed E-state index contributed by atoms with van der Waals surface area (Å²) in [5.74, 6) is -5.47. The molecule has 0 heterocycles. The number of ether oxygens (including phenoxy) is 1. The maximum Gasteiger partial charge on any atom is 0.328 e. The molecule has 0 aromatic heterocycles. The van der Waals surface area contributed by atoms with Gasteiger partial charge in [0, 0.05) is 57.4 Å². The van der Waals surface area contributed by atoms with E-state index >= 15 is 0 Å². The van der Waals surface area contributed by atoms with Crippen LogP contribution in [0.25, 0.3) is 0 Å². The highest BCUT2D eigenvalue weighted by atomic mass is 32.2. The van der Waals surface area contributed by atoms with Gasteiger partial charge in [0.25, 0.3) is 0 Å². The van der Waals surface area contributed by atoms with E-state index in [0.717, 1.165) is 18.7 Å². The van der Waals surface area contributed by atoms with Gasteiger partial charge in [0.1, 0.15) is 18.2 Å². The minimum Gasteiger partial charge on any atom is -0.481 e. The van der Waals surface area contributed by atoms with Gasteiger partial charge in [-0.2, -0.15) is 0 Å². The highest BCUT2D eigenvalue weighted by Crippen LogP contribution is 2.22. The number of hydrogen-bond donors (Lipinski definition) is 7. The maximum atomic E-state index is 12.4. The number of aliphatic hydroxyl groups excluding tert-OH is 1. The zero-order valence-electron chi connectivity index (χ0n) is 24.0. The Kier molecular flexibility index (Phi) is 17.7. The molecule has 4 amide bonds. The molecule has 0 bridgehead atoms. The first-order valence-corrected chi connectivity index (χ1v) is 14.0. The first-order valence-electron chi connectivity index (χ1n) is 13.0. The number of aliphatic carboxylic acids is 2. The molecule has 0 aliphatic carbocycles. The van der Waals surface area contributed by atoms with Crippen LogP contribution in [0.3, 0.4) is 0 Å². The smallest absolute Gasteiger partial charge is 0.328 e. The number of carboxylic acids is 2. The van der Waals surface area contributed by atoms with Gasteiger partial charge in [0.15, 0.2) is 5.12 Å². The molecule has 0 aliphatic rings. The van der Waals surface area contributed by atoms with Crippen LogP contribution < -0.4 is 21.3 Å². The Morgan fingerprint density at radius 2 is 1.38 bits per heavy atom. The third kappa shape index (κ3) is 17.2. The number of hydrogen-bond acceptors (Lipinski definition) is 11. The molecule has 238 valence electrons. The molecule has 0 radical (unpaired) electrons. The molecule has 0 aromatic rings. The molecule has 0 rings (SSSR count). The van der Waals surface area contributed by atoms with Crippen LogP contribution in [0.4, 0.5) is 0 Å². The van der Waals surface area contributed by atoms with E-state index < -0.39 is 78.2 Å².